The Labute approximate surface area is 136 Å². The number of piperidine rings is 1. The number of carbonyl (C=O) groups excluding carboxylic acids is 2. The molecule has 2 fully saturated rings. The second-order valence-electron chi connectivity index (χ2n) is 5.99. The molecule has 1 saturated carbocycles. The summed E-state index contributed by atoms with van der Waals surface area (Å²) in [5.74, 6) is 0.280. The Morgan fingerprint density at radius 3 is 2.41 bits per heavy atom. The van der Waals surface area contributed by atoms with Gasteiger partial charge in [0, 0.05) is 36.3 Å². The minimum atomic E-state index is 0. The second kappa shape index (κ2) is 7.11. The summed E-state index contributed by atoms with van der Waals surface area (Å²) in [5, 5.41) is 2.87. The van der Waals surface area contributed by atoms with E-state index >= 15 is 0 Å². The van der Waals surface area contributed by atoms with Crippen LogP contribution in [0.2, 0.25) is 0 Å². The molecule has 3 N–H and O–H groups in total. The Kier molecular flexibility index (Phi) is 5.42. The maximum Gasteiger partial charge on any atom is 0.253 e. The standard InChI is InChI=1S/C16H21N3O2.ClH/c17-13-2-1-9-19(10-13)16(21)12-5-7-14(8-6-12)18-15(20)11-3-4-11;/h5-8,11,13H,1-4,9-10,17H2,(H,18,20);1H. The maximum atomic E-state index is 12.4. The van der Waals surface area contributed by atoms with Crippen LogP contribution in [-0.2, 0) is 4.79 Å². The molecule has 120 valence electrons. The van der Waals surface area contributed by atoms with Crippen LogP contribution in [0, 0.1) is 5.92 Å². The molecular weight excluding hydrogens is 302 g/mol. The first-order valence-corrected chi connectivity index (χ1v) is 7.59. The highest BCUT2D eigenvalue weighted by atomic mass is 35.5. The molecule has 22 heavy (non-hydrogen) atoms. The molecule has 1 aromatic carbocycles. The number of likely N-dealkylation sites (tertiary alicyclic amines) is 1. The van der Waals surface area contributed by atoms with Crippen molar-refractivity contribution in [1.29, 1.82) is 0 Å². The van der Waals surface area contributed by atoms with Crippen LogP contribution in [0.25, 0.3) is 0 Å². The van der Waals surface area contributed by atoms with Gasteiger partial charge in [-0.15, -0.1) is 12.4 Å². The Morgan fingerprint density at radius 1 is 1.14 bits per heavy atom. The van der Waals surface area contributed by atoms with E-state index in [1.165, 1.54) is 0 Å². The summed E-state index contributed by atoms with van der Waals surface area (Å²) in [4.78, 5) is 25.9. The highest BCUT2D eigenvalue weighted by Crippen LogP contribution is 2.30. The summed E-state index contributed by atoms with van der Waals surface area (Å²) in [6.45, 7) is 1.39. The third kappa shape index (κ3) is 3.99. The zero-order valence-electron chi connectivity index (χ0n) is 12.5. The third-order valence-electron chi connectivity index (χ3n) is 4.09. The number of carbonyl (C=O) groups is 2. The Hall–Kier alpha value is -1.59. The lowest BCUT2D eigenvalue weighted by atomic mass is 10.1. The molecule has 1 saturated heterocycles. The lowest BCUT2D eigenvalue weighted by molar-refractivity contribution is -0.117. The van der Waals surface area contributed by atoms with Crippen molar-refractivity contribution in [3.05, 3.63) is 29.8 Å². The minimum Gasteiger partial charge on any atom is -0.337 e. The van der Waals surface area contributed by atoms with Crippen molar-refractivity contribution in [2.45, 2.75) is 31.7 Å². The van der Waals surface area contributed by atoms with E-state index in [1.54, 1.807) is 24.3 Å². The van der Waals surface area contributed by atoms with Gasteiger partial charge in [0.15, 0.2) is 0 Å². The van der Waals surface area contributed by atoms with E-state index in [0.717, 1.165) is 37.9 Å². The first-order chi connectivity index (χ1) is 10.1. The number of hydrogen-bond donors (Lipinski definition) is 2. The van der Waals surface area contributed by atoms with E-state index in [2.05, 4.69) is 5.32 Å². The zero-order chi connectivity index (χ0) is 14.8. The molecule has 0 radical (unpaired) electrons. The van der Waals surface area contributed by atoms with Gasteiger partial charge in [-0.2, -0.15) is 0 Å². The molecule has 1 atom stereocenters. The largest absolute Gasteiger partial charge is 0.337 e. The van der Waals surface area contributed by atoms with Crippen molar-refractivity contribution in [3.63, 3.8) is 0 Å². The maximum absolute atomic E-state index is 12.4. The fraction of sp³-hybridized carbons (Fsp3) is 0.500. The number of rotatable bonds is 3. The van der Waals surface area contributed by atoms with Crippen molar-refractivity contribution >= 4 is 29.9 Å². The van der Waals surface area contributed by atoms with Crippen LogP contribution in [-0.4, -0.2) is 35.8 Å². The van der Waals surface area contributed by atoms with Crippen LogP contribution in [0.4, 0.5) is 5.69 Å². The number of nitrogens with zero attached hydrogens (tertiary/aromatic N) is 1. The molecule has 1 unspecified atom stereocenters. The summed E-state index contributed by atoms with van der Waals surface area (Å²) >= 11 is 0. The monoisotopic (exact) mass is 323 g/mol. The van der Waals surface area contributed by atoms with E-state index in [9.17, 15) is 9.59 Å². The number of amides is 2. The number of hydrogen-bond acceptors (Lipinski definition) is 3. The SMILES string of the molecule is Cl.NC1CCCN(C(=O)c2ccc(NC(=O)C3CC3)cc2)C1. The second-order valence-corrected chi connectivity index (χ2v) is 5.99. The lowest BCUT2D eigenvalue weighted by Gasteiger charge is -2.30. The highest BCUT2D eigenvalue weighted by molar-refractivity contribution is 5.96. The normalized spacial score (nSPS) is 21.0. The lowest BCUT2D eigenvalue weighted by Crippen LogP contribution is -2.45. The molecule has 1 heterocycles. The van der Waals surface area contributed by atoms with Gasteiger partial charge >= 0.3 is 0 Å². The smallest absolute Gasteiger partial charge is 0.253 e. The third-order valence-corrected chi connectivity index (χ3v) is 4.09. The van der Waals surface area contributed by atoms with Crippen LogP contribution >= 0.6 is 12.4 Å². The zero-order valence-corrected chi connectivity index (χ0v) is 13.3. The summed E-state index contributed by atoms with van der Waals surface area (Å²) in [7, 11) is 0. The molecule has 6 heteroatoms. The van der Waals surface area contributed by atoms with Crippen LogP contribution in [0.5, 0.6) is 0 Å². The molecule has 0 aromatic heterocycles. The van der Waals surface area contributed by atoms with Crippen LogP contribution in [0.1, 0.15) is 36.0 Å². The Morgan fingerprint density at radius 2 is 1.82 bits per heavy atom. The van der Waals surface area contributed by atoms with Gasteiger partial charge in [0.2, 0.25) is 5.91 Å². The molecule has 3 rings (SSSR count). The van der Waals surface area contributed by atoms with Crippen molar-refractivity contribution in [1.82, 2.24) is 4.90 Å². The van der Waals surface area contributed by atoms with Crippen LogP contribution in [0.15, 0.2) is 24.3 Å². The van der Waals surface area contributed by atoms with Crippen molar-refractivity contribution < 1.29 is 9.59 Å². The van der Waals surface area contributed by atoms with Crippen LogP contribution < -0.4 is 11.1 Å². The topological polar surface area (TPSA) is 75.4 Å². The van der Waals surface area contributed by atoms with Gasteiger partial charge in [0.1, 0.15) is 0 Å². The van der Waals surface area contributed by atoms with Crippen molar-refractivity contribution in [2.24, 2.45) is 11.7 Å². The predicted octanol–water partition coefficient (Wildman–Crippen LogP) is 2.02. The molecule has 5 nitrogen and oxygen atoms in total. The molecule has 1 aliphatic carbocycles. The fourth-order valence-corrected chi connectivity index (χ4v) is 2.66. The Balaban J connectivity index is 0.00000176. The molecule has 0 spiro atoms. The van der Waals surface area contributed by atoms with Gasteiger partial charge in [0.25, 0.3) is 5.91 Å². The number of nitrogens with two attached hydrogens (primary N) is 1. The average Bonchev–Trinajstić information content (AvgIpc) is 3.32. The Bertz CT molecular complexity index is 543. The number of halogens is 1. The molecule has 2 aliphatic rings. The van der Waals surface area contributed by atoms with E-state index in [1.807, 2.05) is 4.90 Å². The van der Waals surface area contributed by atoms with E-state index < -0.39 is 0 Å². The van der Waals surface area contributed by atoms with Gasteiger partial charge in [-0.1, -0.05) is 0 Å². The van der Waals surface area contributed by atoms with Crippen molar-refractivity contribution in [2.75, 3.05) is 18.4 Å². The number of nitrogens with one attached hydrogen (secondary N) is 1. The van der Waals surface area contributed by atoms with Gasteiger partial charge in [-0.3, -0.25) is 9.59 Å². The molecule has 0 bridgehead atoms. The van der Waals surface area contributed by atoms with Gasteiger partial charge in [-0.05, 0) is 49.9 Å². The first-order valence-electron chi connectivity index (χ1n) is 7.59. The number of benzene rings is 1. The number of anilines is 1. The van der Waals surface area contributed by atoms with Gasteiger partial charge in [-0.25, -0.2) is 0 Å². The molecule has 2 amide bonds. The summed E-state index contributed by atoms with van der Waals surface area (Å²) in [6.07, 6.45) is 3.91. The molecule has 1 aromatic rings. The summed E-state index contributed by atoms with van der Waals surface area (Å²) in [6, 6.07) is 7.20. The average molecular weight is 324 g/mol. The van der Waals surface area contributed by atoms with E-state index in [-0.39, 0.29) is 36.2 Å². The van der Waals surface area contributed by atoms with Gasteiger partial charge < -0.3 is 16.0 Å². The predicted molar refractivity (Wildman–Crippen MR) is 88.2 cm³/mol. The van der Waals surface area contributed by atoms with E-state index in [0.29, 0.717) is 12.1 Å². The summed E-state index contributed by atoms with van der Waals surface area (Å²) < 4.78 is 0. The summed E-state index contributed by atoms with van der Waals surface area (Å²) in [5.41, 5.74) is 7.31. The highest BCUT2D eigenvalue weighted by Gasteiger charge is 2.29. The fourth-order valence-electron chi connectivity index (χ4n) is 2.66. The quantitative estimate of drug-likeness (QED) is 0.893. The first kappa shape index (κ1) is 16.8. The molecular formula is C16H22ClN3O2. The van der Waals surface area contributed by atoms with E-state index in [4.69, 9.17) is 5.73 Å². The van der Waals surface area contributed by atoms with Gasteiger partial charge in [0.05, 0.1) is 0 Å². The van der Waals surface area contributed by atoms with Crippen LogP contribution in [0.3, 0.4) is 0 Å². The molecule has 1 aliphatic heterocycles. The van der Waals surface area contributed by atoms with Crippen molar-refractivity contribution in [3.8, 4) is 0 Å². The minimum absolute atomic E-state index is 0.